The molecule has 0 aliphatic heterocycles. The Balaban J connectivity index is 1.45. The Bertz CT molecular complexity index is 985. The second-order valence-corrected chi connectivity index (χ2v) is 8.05. The Morgan fingerprint density at radius 2 is 1.90 bits per heavy atom. The number of aromatic nitrogens is 3. The van der Waals surface area contributed by atoms with Gasteiger partial charge >= 0.3 is 0 Å². The van der Waals surface area contributed by atoms with E-state index in [2.05, 4.69) is 20.1 Å². The third kappa shape index (κ3) is 4.45. The SMILES string of the molecule is COc1ccccc1[C@H](C)NC(=O)CSc1nnc(C2CC2)n1-c1ccccc1. The normalized spacial score (nSPS) is 14.4. The lowest BCUT2D eigenvalue weighted by Gasteiger charge is -2.17. The second-order valence-electron chi connectivity index (χ2n) is 7.11. The van der Waals surface area contributed by atoms with E-state index in [-0.39, 0.29) is 17.7 Å². The third-order valence-electron chi connectivity index (χ3n) is 4.93. The van der Waals surface area contributed by atoms with Gasteiger partial charge < -0.3 is 10.1 Å². The van der Waals surface area contributed by atoms with Gasteiger partial charge in [0.15, 0.2) is 5.16 Å². The van der Waals surface area contributed by atoms with E-state index in [9.17, 15) is 4.79 Å². The van der Waals surface area contributed by atoms with Gasteiger partial charge in [-0.3, -0.25) is 9.36 Å². The molecule has 1 aliphatic rings. The van der Waals surface area contributed by atoms with Gasteiger partial charge in [-0.05, 0) is 38.0 Å². The molecule has 1 saturated carbocycles. The van der Waals surface area contributed by atoms with Crippen molar-refractivity contribution >= 4 is 17.7 Å². The van der Waals surface area contributed by atoms with Crippen LogP contribution in [0, 0.1) is 0 Å². The highest BCUT2D eigenvalue weighted by atomic mass is 32.2. The molecule has 0 saturated heterocycles. The standard InChI is InChI=1S/C22H24N4O2S/c1-15(18-10-6-7-11-19(18)28-2)23-20(27)14-29-22-25-24-21(16-12-13-16)26(22)17-8-4-3-5-9-17/h3-11,15-16H,12-14H2,1-2H3,(H,23,27)/t15-/m0/s1. The van der Waals surface area contributed by atoms with Crippen molar-refractivity contribution in [2.45, 2.75) is 36.9 Å². The molecule has 1 heterocycles. The van der Waals surface area contributed by atoms with Crippen molar-refractivity contribution in [2.24, 2.45) is 0 Å². The first-order valence-electron chi connectivity index (χ1n) is 9.73. The summed E-state index contributed by atoms with van der Waals surface area (Å²) in [5, 5.41) is 12.6. The summed E-state index contributed by atoms with van der Waals surface area (Å²) < 4.78 is 7.48. The average Bonchev–Trinajstić information content (AvgIpc) is 3.52. The molecule has 2 aromatic carbocycles. The minimum Gasteiger partial charge on any atom is -0.496 e. The van der Waals surface area contributed by atoms with Crippen LogP contribution in [0.5, 0.6) is 5.75 Å². The highest BCUT2D eigenvalue weighted by molar-refractivity contribution is 7.99. The number of methoxy groups -OCH3 is 1. The van der Waals surface area contributed by atoms with E-state index in [1.807, 2.05) is 61.5 Å². The topological polar surface area (TPSA) is 69.0 Å². The number of thioether (sulfide) groups is 1. The van der Waals surface area contributed by atoms with Crippen molar-refractivity contribution in [3.63, 3.8) is 0 Å². The van der Waals surface area contributed by atoms with E-state index in [1.165, 1.54) is 11.8 Å². The van der Waals surface area contributed by atoms with Gasteiger partial charge in [-0.15, -0.1) is 10.2 Å². The van der Waals surface area contributed by atoms with Crippen LogP contribution in [-0.4, -0.2) is 33.5 Å². The summed E-state index contributed by atoms with van der Waals surface area (Å²) in [4.78, 5) is 12.6. The molecule has 1 atom stereocenters. The smallest absolute Gasteiger partial charge is 0.230 e. The first-order chi connectivity index (χ1) is 14.2. The number of carbonyl (C=O) groups excluding carboxylic acids is 1. The molecular weight excluding hydrogens is 384 g/mol. The fraction of sp³-hybridized carbons (Fsp3) is 0.318. The molecule has 0 unspecified atom stereocenters. The number of rotatable bonds is 8. The Kier molecular flexibility index (Phi) is 5.85. The molecule has 4 rings (SSSR count). The summed E-state index contributed by atoms with van der Waals surface area (Å²) >= 11 is 1.41. The van der Waals surface area contributed by atoms with E-state index in [0.717, 1.165) is 40.8 Å². The molecule has 3 aromatic rings. The van der Waals surface area contributed by atoms with Crippen molar-refractivity contribution in [1.82, 2.24) is 20.1 Å². The monoisotopic (exact) mass is 408 g/mol. The van der Waals surface area contributed by atoms with Crippen LogP contribution in [0.4, 0.5) is 0 Å². The fourth-order valence-electron chi connectivity index (χ4n) is 3.32. The van der Waals surface area contributed by atoms with E-state index >= 15 is 0 Å². The van der Waals surface area contributed by atoms with Crippen LogP contribution in [0.25, 0.3) is 5.69 Å². The molecule has 1 N–H and O–H groups in total. The number of benzene rings is 2. The summed E-state index contributed by atoms with van der Waals surface area (Å²) in [7, 11) is 1.64. The first kappa shape index (κ1) is 19.5. The summed E-state index contributed by atoms with van der Waals surface area (Å²) in [5.41, 5.74) is 1.99. The summed E-state index contributed by atoms with van der Waals surface area (Å²) in [6, 6.07) is 17.7. The number of carbonyl (C=O) groups is 1. The van der Waals surface area contributed by atoms with Crippen LogP contribution in [0.15, 0.2) is 59.8 Å². The van der Waals surface area contributed by atoms with Gasteiger partial charge in [-0.2, -0.15) is 0 Å². The van der Waals surface area contributed by atoms with Gasteiger partial charge in [0.2, 0.25) is 5.91 Å². The molecule has 7 heteroatoms. The molecule has 1 aliphatic carbocycles. The van der Waals surface area contributed by atoms with E-state index in [4.69, 9.17) is 4.74 Å². The van der Waals surface area contributed by atoms with Crippen LogP contribution in [0.2, 0.25) is 0 Å². The van der Waals surface area contributed by atoms with Gasteiger partial charge in [0.05, 0.1) is 18.9 Å². The van der Waals surface area contributed by atoms with Crippen LogP contribution in [0.1, 0.15) is 43.1 Å². The van der Waals surface area contributed by atoms with Crippen molar-refractivity contribution in [2.75, 3.05) is 12.9 Å². The first-order valence-corrected chi connectivity index (χ1v) is 10.7. The fourth-order valence-corrected chi connectivity index (χ4v) is 4.09. The maximum atomic E-state index is 12.6. The predicted octanol–water partition coefficient (Wildman–Crippen LogP) is 4.12. The molecule has 0 bridgehead atoms. The minimum atomic E-state index is -0.145. The average molecular weight is 409 g/mol. The summed E-state index contributed by atoms with van der Waals surface area (Å²) in [6.45, 7) is 1.96. The molecule has 0 radical (unpaired) electrons. The Morgan fingerprint density at radius 3 is 2.62 bits per heavy atom. The van der Waals surface area contributed by atoms with Gasteiger partial charge in [0.1, 0.15) is 11.6 Å². The maximum absolute atomic E-state index is 12.6. The zero-order valence-electron chi connectivity index (χ0n) is 16.5. The molecule has 1 amide bonds. The van der Waals surface area contributed by atoms with Crippen LogP contribution in [-0.2, 0) is 4.79 Å². The number of nitrogens with one attached hydrogen (secondary N) is 1. The highest BCUT2D eigenvalue weighted by Gasteiger charge is 2.31. The Morgan fingerprint density at radius 1 is 1.17 bits per heavy atom. The van der Waals surface area contributed by atoms with Gasteiger partial charge in [0.25, 0.3) is 0 Å². The molecule has 6 nitrogen and oxygen atoms in total. The molecule has 150 valence electrons. The van der Waals surface area contributed by atoms with Crippen molar-refractivity contribution in [3.05, 3.63) is 66.0 Å². The quantitative estimate of drug-likeness (QED) is 0.568. The number of amides is 1. The summed E-state index contributed by atoms with van der Waals surface area (Å²) in [6.07, 6.45) is 2.29. The van der Waals surface area contributed by atoms with Crippen molar-refractivity contribution in [1.29, 1.82) is 0 Å². The minimum absolute atomic E-state index is 0.0519. The lowest BCUT2D eigenvalue weighted by atomic mass is 10.1. The zero-order chi connectivity index (χ0) is 20.2. The molecule has 0 spiro atoms. The van der Waals surface area contributed by atoms with E-state index in [1.54, 1.807) is 7.11 Å². The van der Waals surface area contributed by atoms with Crippen molar-refractivity contribution in [3.8, 4) is 11.4 Å². The number of ether oxygens (including phenoxy) is 1. The summed E-state index contributed by atoms with van der Waals surface area (Å²) in [5.74, 6) is 2.45. The zero-order valence-corrected chi connectivity index (χ0v) is 17.4. The highest BCUT2D eigenvalue weighted by Crippen LogP contribution is 2.41. The molecule has 1 aromatic heterocycles. The molecule has 1 fully saturated rings. The lowest BCUT2D eigenvalue weighted by Crippen LogP contribution is -2.28. The number of para-hydroxylation sites is 2. The van der Waals surface area contributed by atoms with E-state index < -0.39 is 0 Å². The van der Waals surface area contributed by atoms with Gasteiger partial charge in [-0.1, -0.05) is 48.2 Å². The Hall–Kier alpha value is -2.80. The second kappa shape index (κ2) is 8.69. The largest absolute Gasteiger partial charge is 0.496 e. The number of hydrogen-bond acceptors (Lipinski definition) is 5. The number of hydrogen-bond donors (Lipinski definition) is 1. The third-order valence-corrected chi connectivity index (χ3v) is 5.86. The van der Waals surface area contributed by atoms with Gasteiger partial charge in [0, 0.05) is 17.2 Å². The van der Waals surface area contributed by atoms with Crippen LogP contribution >= 0.6 is 11.8 Å². The maximum Gasteiger partial charge on any atom is 0.230 e. The lowest BCUT2D eigenvalue weighted by molar-refractivity contribution is -0.119. The van der Waals surface area contributed by atoms with Gasteiger partial charge in [-0.25, -0.2) is 0 Å². The van der Waals surface area contributed by atoms with E-state index in [0.29, 0.717) is 5.92 Å². The van der Waals surface area contributed by atoms with Crippen LogP contribution < -0.4 is 10.1 Å². The number of nitrogens with zero attached hydrogens (tertiary/aromatic N) is 3. The molecule has 29 heavy (non-hydrogen) atoms. The molecular formula is C22H24N4O2S. The Labute approximate surface area is 174 Å². The predicted molar refractivity (Wildman–Crippen MR) is 114 cm³/mol. The van der Waals surface area contributed by atoms with Crippen molar-refractivity contribution < 1.29 is 9.53 Å². The van der Waals surface area contributed by atoms with Crippen LogP contribution in [0.3, 0.4) is 0 Å².